The van der Waals surface area contributed by atoms with Crippen LogP contribution in [0.3, 0.4) is 0 Å². The van der Waals surface area contributed by atoms with Gasteiger partial charge in [0.05, 0.1) is 10.1 Å². The minimum absolute atomic E-state index is 0.113. The van der Waals surface area contributed by atoms with Crippen molar-refractivity contribution in [3.8, 4) is 0 Å². The zero-order valence-electron chi connectivity index (χ0n) is 17.9. The Hall–Kier alpha value is -2.18. The van der Waals surface area contributed by atoms with Crippen molar-refractivity contribution in [3.05, 3.63) is 18.3 Å². The van der Waals surface area contributed by atoms with Crippen molar-refractivity contribution in [2.24, 2.45) is 0 Å². The first kappa shape index (κ1) is 23.5. The van der Waals surface area contributed by atoms with Gasteiger partial charge in [-0.2, -0.15) is 4.31 Å². The molecule has 0 bridgehead atoms. The van der Waals surface area contributed by atoms with Gasteiger partial charge in [-0.3, -0.25) is 14.5 Å². The van der Waals surface area contributed by atoms with Gasteiger partial charge in [-0.1, -0.05) is 38.5 Å². The molecule has 0 spiro atoms. The molecule has 10 nitrogen and oxygen atoms in total. The summed E-state index contributed by atoms with van der Waals surface area (Å²) in [6, 6.07) is 2.69. The molecular formula is C19H28N6O4S2. The van der Waals surface area contributed by atoms with Crippen molar-refractivity contribution >= 4 is 39.4 Å². The van der Waals surface area contributed by atoms with E-state index < -0.39 is 27.2 Å². The van der Waals surface area contributed by atoms with Crippen LogP contribution in [-0.4, -0.2) is 63.6 Å². The molecule has 0 aromatic carbocycles. The first-order chi connectivity index (χ1) is 14.8. The highest BCUT2D eigenvalue weighted by Gasteiger charge is 2.25. The van der Waals surface area contributed by atoms with Gasteiger partial charge in [-0.15, -0.1) is 10.2 Å². The van der Waals surface area contributed by atoms with Gasteiger partial charge in [0.15, 0.2) is 10.8 Å². The van der Waals surface area contributed by atoms with Crippen molar-refractivity contribution in [3.63, 3.8) is 0 Å². The fourth-order valence-corrected chi connectivity index (χ4v) is 5.80. The predicted molar refractivity (Wildman–Crippen MR) is 117 cm³/mol. The summed E-state index contributed by atoms with van der Waals surface area (Å²) in [5.74, 6) is -0.454. The SMILES string of the molecule is CCN(CC)S(=O)(=O)c1ccc2nnc(S[C@H](C)C(=O)NC(=O)NC3CCCC3)n2c1. The molecule has 0 aliphatic heterocycles. The number of hydrogen-bond donors (Lipinski definition) is 2. The molecule has 1 fully saturated rings. The Balaban J connectivity index is 1.72. The number of urea groups is 1. The number of amides is 3. The van der Waals surface area contributed by atoms with E-state index in [0.29, 0.717) is 23.9 Å². The minimum atomic E-state index is -3.64. The molecule has 2 aromatic heterocycles. The zero-order valence-corrected chi connectivity index (χ0v) is 19.5. The van der Waals surface area contributed by atoms with Crippen molar-refractivity contribution < 1.29 is 18.0 Å². The molecular weight excluding hydrogens is 440 g/mol. The smallest absolute Gasteiger partial charge is 0.321 e. The maximum atomic E-state index is 12.8. The fraction of sp³-hybridized carbons (Fsp3) is 0.579. The normalized spacial score (nSPS) is 16.0. The summed E-state index contributed by atoms with van der Waals surface area (Å²) in [7, 11) is -3.64. The van der Waals surface area contributed by atoms with E-state index in [1.807, 2.05) is 0 Å². The summed E-state index contributed by atoms with van der Waals surface area (Å²) >= 11 is 1.10. The van der Waals surface area contributed by atoms with Crippen LogP contribution in [0.15, 0.2) is 28.4 Å². The minimum Gasteiger partial charge on any atom is -0.335 e. The van der Waals surface area contributed by atoms with Crippen LogP contribution >= 0.6 is 11.8 Å². The number of fused-ring (bicyclic) bond motifs is 1. The van der Waals surface area contributed by atoms with Crippen LogP contribution in [-0.2, 0) is 14.8 Å². The van der Waals surface area contributed by atoms with Gasteiger partial charge in [0, 0.05) is 25.3 Å². The molecule has 2 N–H and O–H groups in total. The van der Waals surface area contributed by atoms with Crippen LogP contribution in [0.2, 0.25) is 0 Å². The van der Waals surface area contributed by atoms with Gasteiger partial charge < -0.3 is 5.32 Å². The van der Waals surface area contributed by atoms with E-state index in [-0.39, 0.29) is 10.9 Å². The Labute approximate surface area is 186 Å². The first-order valence-corrected chi connectivity index (χ1v) is 12.7. The van der Waals surface area contributed by atoms with Crippen molar-refractivity contribution in [2.45, 2.75) is 67.8 Å². The topological polar surface area (TPSA) is 126 Å². The van der Waals surface area contributed by atoms with E-state index >= 15 is 0 Å². The van der Waals surface area contributed by atoms with Crippen LogP contribution in [0, 0.1) is 0 Å². The molecule has 3 rings (SSSR count). The highest BCUT2D eigenvalue weighted by atomic mass is 32.2. The maximum Gasteiger partial charge on any atom is 0.321 e. The molecule has 1 aliphatic carbocycles. The van der Waals surface area contributed by atoms with E-state index in [0.717, 1.165) is 37.4 Å². The third-order valence-electron chi connectivity index (χ3n) is 5.27. The van der Waals surface area contributed by atoms with E-state index in [2.05, 4.69) is 20.8 Å². The lowest BCUT2D eigenvalue weighted by atomic mass is 10.2. The Morgan fingerprint density at radius 2 is 1.90 bits per heavy atom. The second-order valence-corrected chi connectivity index (χ2v) is 10.6. The standard InChI is InChI=1S/C19H28N6O4S2/c1-4-24(5-2)31(28,29)15-10-11-16-22-23-19(25(16)12-15)30-13(3)17(26)21-18(27)20-14-8-6-7-9-14/h10-14H,4-9H2,1-3H3,(H2,20,21,26,27)/t13-/m1/s1. The number of imide groups is 1. The average Bonchev–Trinajstić information content (AvgIpc) is 3.38. The Kier molecular flexibility index (Phi) is 7.55. The van der Waals surface area contributed by atoms with Gasteiger partial charge >= 0.3 is 6.03 Å². The summed E-state index contributed by atoms with van der Waals surface area (Å²) in [5.41, 5.74) is 0.465. The third kappa shape index (κ3) is 5.36. The molecule has 31 heavy (non-hydrogen) atoms. The van der Waals surface area contributed by atoms with E-state index in [1.54, 1.807) is 31.2 Å². The van der Waals surface area contributed by atoms with Crippen LogP contribution in [0.4, 0.5) is 4.79 Å². The van der Waals surface area contributed by atoms with Crippen molar-refractivity contribution in [1.82, 2.24) is 29.5 Å². The lowest BCUT2D eigenvalue weighted by molar-refractivity contribution is -0.119. The molecule has 1 saturated carbocycles. The van der Waals surface area contributed by atoms with Gasteiger partial charge in [0.25, 0.3) is 0 Å². The number of thioether (sulfide) groups is 1. The molecule has 2 aromatic rings. The molecule has 170 valence electrons. The van der Waals surface area contributed by atoms with Crippen LogP contribution < -0.4 is 10.6 Å². The van der Waals surface area contributed by atoms with Crippen LogP contribution in [0.1, 0.15) is 46.5 Å². The fourth-order valence-electron chi connectivity index (χ4n) is 3.51. The molecule has 3 amide bonds. The largest absolute Gasteiger partial charge is 0.335 e. The molecule has 12 heteroatoms. The third-order valence-corrected chi connectivity index (χ3v) is 8.36. The van der Waals surface area contributed by atoms with E-state index in [4.69, 9.17) is 0 Å². The summed E-state index contributed by atoms with van der Waals surface area (Å²) in [6.07, 6.45) is 5.48. The Morgan fingerprint density at radius 1 is 1.23 bits per heavy atom. The van der Waals surface area contributed by atoms with Crippen LogP contribution in [0.5, 0.6) is 0 Å². The van der Waals surface area contributed by atoms with Gasteiger partial charge in [-0.05, 0) is 31.9 Å². The molecule has 0 radical (unpaired) electrons. The molecule has 0 saturated heterocycles. The highest BCUT2D eigenvalue weighted by Crippen LogP contribution is 2.24. The Bertz CT molecular complexity index is 1040. The predicted octanol–water partition coefficient (Wildman–Crippen LogP) is 2.01. The number of carbonyl (C=O) groups excluding carboxylic acids is 2. The van der Waals surface area contributed by atoms with Crippen molar-refractivity contribution in [1.29, 1.82) is 0 Å². The first-order valence-electron chi connectivity index (χ1n) is 10.4. The number of sulfonamides is 1. The van der Waals surface area contributed by atoms with Gasteiger partial charge in [-0.25, -0.2) is 13.2 Å². The Morgan fingerprint density at radius 3 is 2.55 bits per heavy atom. The number of nitrogens with one attached hydrogen (secondary N) is 2. The lowest BCUT2D eigenvalue weighted by Gasteiger charge is -2.18. The highest BCUT2D eigenvalue weighted by molar-refractivity contribution is 8.00. The number of nitrogens with zero attached hydrogens (tertiary/aromatic N) is 4. The maximum absolute atomic E-state index is 12.8. The summed E-state index contributed by atoms with van der Waals surface area (Å²) in [4.78, 5) is 24.6. The molecule has 2 heterocycles. The average molecular weight is 469 g/mol. The molecule has 0 unspecified atom stereocenters. The number of aromatic nitrogens is 3. The summed E-state index contributed by atoms with van der Waals surface area (Å²) in [6.45, 7) is 5.94. The molecule has 1 aliphatic rings. The second-order valence-electron chi connectivity index (χ2n) is 7.37. The lowest BCUT2D eigenvalue weighted by Crippen LogP contribution is -2.45. The van der Waals surface area contributed by atoms with Gasteiger partial charge in [0.1, 0.15) is 0 Å². The number of rotatable bonds is 8. The van der Waals surface area contributed by atoms with E-state index in [1.165, 1.54) is 16.6 Å². The summed E-state index contributed by atoms with van der Waals surface area (Å²) < 4.78 is 28.6. The number of hydrogen-bond acceptors (Lipinski definition) is 7. The van der Waals surface area contributed by atoms with Crippen molar-refractivity contribution in [2.75, 3.05) is 13.1 Å². The monoisotopic (exact) mass is 468 g/mol. The van der Waals surface area contributed by atoms with E-state index in [9.17, 15) is 18.0 Å². The number of carbonyl (C=O) groups is 2. The second kappa shape index (κ2) is 9.96. The summed E-state index contributed by atoms with van der Waals surface area (Å²) in [5, 5.41) is 13.0. The zero-order chi connectivity index (χ0) is 22.6. The quantitative estimate of drug-likeness (QED) is 0.568. The molecule has 1 atom stereocenters. The number of pyridine rings is 1. The van der Waals surface area contributed by atoms with Crippen LogP contribution in [0.25, 0.3) is 5.65 Å². The van der Waals surface area contributed by atoms with Gasteiger partial charge in [0.2, 0.25) is 15.9 Å².